The number of hydrogen-bond acceptors (Lipinski definition) is 0. The molecule has 0 aliphatic carbocycles. The molecule has 0 aliphatic heterocycles. The van der Waals surface area contributed by atoms with Crippen molar-refractivity contribution < 1.29 is 0 Å². The summed E-state index contributed by atoms with van der Waals surface area (Å²) in [4.78, 5) is 0. The summed E-state index contributed by atoms with van der Waals surface area (Å²) in [6.45, 7) is 6.88. The van der Waals surface area contributed by atoms with Crippen molar-refractivity contribution in [3.8, 4) is 0 Å². The zero-order valence-corrected chi connectivity index (χ0v) is 14.7. The molecule has 0 aromatic heterocycles. The molecule has 1 aromatic rings. The lowest BCUT2D eigenvalue weighted by atomic mass is 9.91. The summed E-state index contributed by atoms with van der Waals surface area (Å²) >= 11 is 0. The minimum absolute atomic E-state index is 1.19. The molecule has 0 fully saturated rings. The number of benzene rings is 1. The van der Waals surface area contributed by atoms with E-state index in [0.717, 1.165) is 0 Å². The fourth-order valence-electron chi connectivity index (χ4n) is 3.22. The Hall–Kier alpha value is -0.780. The van der Waals surface area contributed by atoms with Crippen LogP contribution in [0.3, 0.4) is 0 Å². The van der Waals surface area contributed by atoms with Gasteiger partial charge in [0.15, 0.2) is 0 Å². The fourth-order valence-corrected chi connectivity index (χ4v) is 3.22. The van der Waals surface area contributed by atoms with Crippen LogP contribution in [0, 0.1) is 0 Å². The monoisotopic (exact) mass is 288 g/mol. The molecule has 120 valence electrons. The molecular weight excluding hydrogens is 252 g/mol. The molecule has 0 heteroatoms. The van der Waals surface area contributed by atoms with E-state index in [1.165, 1.54) is 77.0 Å². The van der Waals surface area contributed by atoms with Gasteiger partial charge in [0, 0.05) is 0 Å². The van der Waals surface area contributed by atoms with Crippen LogP contribution in [0.25, 0.3) is 0 Å². The maximum atomic E-state index is 2.38. The van der Waals surface area contributed by atoms with Crippen LogP contribution in [0.1, 0.15) is 95.2 Å². The van der Waals surface area contributed by atoms with Gasteiger partial charge < -0.3 is 0 Å². The lowest BCUT2D eigenvalue weighted by Gasteiger charge is -2.14. The van der Waals surface area contributed by atoms with Crippen LogP contribution >= 0.6 is 0 Å². The molecular formula is C21H36. The highest BCUT2D eigenvalue weighted by molar-refractivity contribution is 5.35. The third-order valence-corrected chi connectivity index (χ3v) is 4.58. The lowest BCUT2D eigenvalue weighted by molar-refractivity contribution is 0.605. The van der Waals surface area contributed by atoms with Crippen molar-refractivity contribution in [1.82, 2.24) is 0 Å². The van der Waals surface area contributed by atoms with Gasteiger partial charge in [0.2, 0.25) is 0 Å². The first-order valence-electron chi connectivity index (χ1n) is 9.43. The van der Waals surface area contributed by atoms with Crippen molar-refractivity contribution in [2.75, 3.05) is 0 Å². The fraction of sp³-hybridized carbons (Fsp3) is 0.714. The molecule has 0 heterocycles. The van der Waals surface area contributed by atoms with Gasteiger partial charge in [-0.25, -0.2) is 0 Å². The Morgan fingerprint density at radius 3 is 1.90 bits per heavy atom. The molecule has 0 bridgehead atoms. The summed E-state index contributed by atoms with van der Waals surface area (Å²) in [6, 6.07) is 6.99. The van der Waals surface area contributed by atoms with E-state index in [1.807, 2.05) is 0 Å². The Bertz CT molecular complexity index is 364. The summed E-state index contributed by atoms with van der Waals surface area (Å²) in [5.41, 5.74) is 4.91. The molecule has 0 radical (unpaired) electrons. The van der Waals surface area contributed by atoms with Gasteiger partial charge in [0.05, 0.1) is 0 Å². The highest BCUT2D eigenvalue weighted by Gasteiger charge is 2.07. The Labute approximate surface area is 133 Å². The molecule has 1 aromatic carbocycles. The average molecular weight is 289 g/mol. The molecule has 0 atom stereocenters. The maximum Gasteiger partial charge on any atom is -0.0273 e. The molecule has 0 N–H and O–H groups in total. The SMILES string of the molecule is CCCCCCCCc1cccc(CC)c1CCCCC. The zero-order chi connectivity index (χ0) is 15.3. The van der Waals surface area contributed by atoms with Gasteiger partial charge in [0.25, 0.3) is 0 Å². The van der Waals surface area contributed by atoms with Crippen LogP contribution in [-0.2, 0) is 19.3 Å². The Morgan fingerprint density at radius 1 is 0.619 bits per heavy atom. The summed E-state index contributed by atoms with van der Waals surface area (Å²) in [5.74, 6) is 0. The highest BCUT2D eigenvalue weighted by atomic mass is 14.1. The van der Waals surface area contributed by atoms with Gasteiger partial charge in [-0.15, -0.1) is 0 Å². The van der Waals surface area contributed by atoms with Crippen molar-refractivity contribution in [3.63, 3.8) is 0 Å². The Morgan fingerprint density at radius 2 is 1.19 bits per heavy atom. The quantitative estimate of drug-likeness (QED) is 0.367. The van der Waals surface area contributed by atoms with Crippen molar-refractivity contribution in [1.29, 1.82) is 0 Å². The molecule has 21 heavy (non-hydrogen) atoms. The van der Waals surface area contributed by atoms with Gasteiger partial charge in [-0.05, 0) is 48.8 Å². The van der Waals surface area contributed by atoms with Crippen molar-refractivity contribution >= 4 is 0 Å². The standard InChI is InChI=1S/C21H36/c1-4-7-9-10-11-13-15-20-17-14-16-19(6-3)21(20)18-12-8-5-2/h14,16-17H,4-13,15,18H2,1-3H3. The predicted molar refractivity (Wildman–Crippen MR) is 96.1 cm³/mol. The molecule has 0 saturated heterocycles. The average Bonchev–Trinajstić information content (AvgIpc) is 2.51. The number of aryl methyl sites for hydroxylation is 2. The molecule has 0 spiro atoms. The van der Waals surface area contributed by atoms with E-state index in [2.05, 4.69) is 39.0 Å². The molecule has 1 rings (SSSR count). The largest absolute Gasteiger partial charge is 0.0654 e. The van der Waals surface area contributed by atoms with Crippen molar-refractivity contribution in [2.45, 2.75) is 97.8 Å². The number of hydrogen-bond donors (Lipinski definition) is 0. The first kappa shape index (κ1) is 18.3. The van der Waals surface area contributed by atoms with E-state index in [1.54, 1.807) is 16.7 Å². The van der Waals surface area contributed by atoms with E-state index in [0.29, 0.717) is 0 Å². The topological polar surface area (TPSA) is 0 Å². The molecule has 0 saturated carbocycles. The summed E-state index contributed by atoms with van der Waals surface area (Å²) in [6.07, 6.45) is 16.2. The second kappa shape index (κ2) is 11.8. The first-order chi connectivity index (χ1) is 10.3. The van der Waals surface area contributed by atoms with Gasteiger partial charge in [-0.3, -0.25) is 0 Å². The minimum Gasteiger partial charge on any atom is -0.0654 e. The van der Waals surface area contributed by atoms with Crippen LogP contribution in [0.15, 0.2) is 18.2 Å². The summed E-state index contributed by atoms with van der Waals surface area (Å²) in [5, 5.41) is 0. The van der Waals surface area contributed by atoms with Gasteiger partial charge in [-0.2, -0.15) is 0 Å². The van der Waals surface area contributed by atoms with Crippen LogP contribution in [-0.4, -0.2) is 0 Å². The van der Waals surface area contributed by atoms with Crippen molar-refractivity contribution in [3.05, 3.63) is 34.9 Å². The normalized spacial score (nSPS) is 11.0. The third kappa shape index (κ3) is 7.16. The highest BCUT2D eigenvalue weighted by Crippen LogP contribution is 2.21. The van der Waals surface area contributed by atoms with Crippen LogP contribution < -0.4 is 0 Å². The Balaban J connectivity index is 2.50. The molecule has 0 unspecified atom stereocenters. The van der Waals surface area contributed by atoms with E-state index in [-0.39, 0.29) is 0 Å². The lowest BCUT2D eigenvalue weighted by Crippen LogP contribution is -2.00. The van der Waals surface area contributed by atoms with E-state index >= 15 is 0 Å². The van der Waals surface area contributed by atoms with E-state index in [4.69, 9.17) is 0 Å². The van der Waals surface area contributed by atoms with Crippen LogP contribution in [0.5, 0.6) is 0 Å². The molecule has 0 nitrogen and oxygen atoms in total. The minimum atomic E-state index is 1.19. The predicted octanol–water partition coefficient (Wildman–Crippen LogP) is 6.88. The molecule has 0 amide bonds. The first-order valence-corrected chi connectivity index (χ1v) is 9.43. The van der Waals surface area contributed by atoms with Gasteiger partial charge in [0.1, 0.15) is 0 Å². The summed E-state index contributed by atoms with van der Waals surface area (Å²) in [7, 11) is 0. The van der Waals surface area contributed by atoms with E-state index < -0.39 is 0 Å². The number of unbranched alkanes of at least 4 members (excludes halogenated alkanes) is 7. The maximum absolute atomic E-state index is 2.38. The Kier molecular flexibility index (Phi) is 10.3. The van der Waals surface area contributed by atoms with Crippen LogP contribution in [0.2, 0.25) is 0 Å². The zero-order valence-electron chi connectivity index (χ0n) is 14.7. The van der Waals surface area contributed by atoms with Crippen LogP contribution in [0.4, 0.5) is 0 Å². The third-order valence-electron chi connectivity index (χ3n) is 4.58. The summed E-state index contributed by atoms with van der Waals surface area (Å²) < 4.78 is 0. The number of rotatable bonds is 12. The second-order valence-corrected chi connectivity index (χ2v) is 6.38. The van der Waals surface area contributed by atoms with Crippen molar-refractivity contribution in [2.24, 2.45) is 0 Å². The van der Waals surface area contributed by atoms with E-state index in [9.17, 15) is 0 Å². The van der Waals surface area contributed by atoms with Gasteiger partial charge >= 0.3 is 0 Å². The smallest absolute Gasteiger partial charge is 0.0273 e. The second-order valence-electron chi connectivity index (χ2n) is 6.38. The van der Waals surface area contributed by atoms with Gasteiger partial charge in [-0.1, -0.05) is 83.9 Å². The molecule has 0 aliphatic rings.